The number of aryl methyl sites for hydroxylation is 1. The third kappa shape index (κ3) is 3.66. The molecule has 1 fully saturated rings. The number of nitrogens with zero attached hydrogens (tertiary/aromatic N) is 3. The number of likely N-dealkylation sites (tertiary alicyclic amines) is 1. The zero-order chi connectivity index (χ0) is 19.7. The first-order chi connectivity index (χ1) is 13.5. The molecule has 0 atom stereocenters. The second kappa shape index (κ2) is 7.73. The predicted octanol–water partition coefficient (Wildman–Crippen LogP) is 2.32. The first-order valence-electron chi connectivity index (χ1n) is 10.2. The molecule has 4 rings (SSSR count). The maximum atomic E-state index is 12.9. The molecule has 2 aromatic rings. The highest BCUT2D eigenvalue weighted by Gasteiger charge is 2.25. The summed E-state index contributed by atoms with van der Waals surface area (Å²) in [5, 5.41) is 3.13. The molecule has 0 saturated carbocycles. The van der Waals surface area contributed by atoms with Crippen molar-refractivity contribution in [2.24, 2.45) is 5.92 Å². The summed E-state index contributed by atoms with van der Waals surface area (Å²) in [5.41, 5.74) is 1.01. The van der Waals surface area contributed by atoms with Crippen molar-refractivity contribution in [1.82, 2.24) is 14.5 Å². The number of aromatic nitrogens is 2. The molecule has 0 aliphatic carbocycles. The number of hydrogen-bond acceptors (Lipinski definition) is 4. The predicted molar refractivity (Wildman–Crippen MR) is 107 cm³/mol. The lowest BCUT2D eigenvalue weighted by Crippen LogP contribution is -2.43. The van der Waals surface area contributed by atoms with Crippen LogP contribution < -0.4 is 10.9 Å². The Morgan fingerprint density at radius 1 is 1.11 bits per heavy atom. The highest BCUT2D eigenvalue weighted by molar-refractivity contribution is 6.39. The number of anilines is 1. The van der Waals surface area contributed by atoms with Gasteiger partial charge in [-0.2, -0.15) is 0 Å². The molecule has 7 heteroatoms. The van der Waals surface area contributed by atoms with Crippen LogP contribution in [0.2, 0.25) is 0 Å². The average Bonchev–Trinajstić information content (AvgIpc) is 2.94. The Kier molecular flexibility index (Phi) is 5.15. The summed E-state index contributed by atoms with van der Waals surface area (Å²) >= 11 is 0. The van der Waals surface area contributed by atoms with Crippen LogP contribution >= 0.6 is 0 Å². The third-order valence-corrected chi connectivity index (χ3v) is 5.84. The minimum Gasteiger partial charge on any atom is -0.334 e. The number of rotatable bonds is 1. The summed E-state index contributed by atoms with van der Waals surface area (Å²) in [6, 6.07) is 5.07. The first-order valence-corrected chi connectivity index (χ1v) is 10.2. The van der Waals surface area contributed by atoms with Crippen LogP contribution in [0.15, 0.2) is 23.0 Å². The number of amides is 2. The number of fused-ring (bicyclic) bond motifs is 2. The summed E-state index contributed by atoms with van der Waals surface area (Å²) < 4.78 is 1.75. The van der Waals surface area contributed by atoms with Gasteiger partial charge in [0.05, 0.1) is 10.9 Å². The molecule has 1 aromatic carbocycles. The van der Waals surface area contributed by atoms with Gasteiger partial charge in [0.25, 0.3) is 5.56 Å². The van der Waals surface area contributed by atoms with Gasteiger partial charge in [-0.3, -0.25) is 19.0 Å². The molecule has 2 aliphatic rings. The van der Waals surface area contributed by atoms with E-state index in [-0.39, 0.29) is 5.56 Å². The van der Waals surface area contributed by atoms with Gasteiger partial charge < -0.3 is 10.2 Å². The fourth-order valence-corrected chi connectivity index (χ4v) is 4.04. The summed E-state index contributed by atoms with van der Waals surface area (Å²) in [7, 11) is 0. The van der Waals surface area contributed by atoms with Gasteiger partial charge in [0, 0.05) is 31.7 Å². The third-order valence-electron chi connectivity index (χ3n) is 5.84. The summed E-state index contributed by atoms with van der Waals surface area (Å²) in [5.74, 6) is 0.255. The number of hydrogen-bond donors (Lipinski definition) is 1. The van der Waals surface area contributed by atoms with E-state index in [1.54, 1.807) is 27.7 Å². The zero-order valence-corrected chi connectivity index (χ0v) is 16.2. The summed E-state index contributed by atoms with van der Waals surface area (Å²) in [4.78, 5) is 44.0. The van der Waals surface area contributed by atoms with Crippen molar-refractivity contribution in [3.8, 4) is 0 Å². The lowest BCUT2D eigenvalue weighted by Gasteiger charge is -2.29. The standard InChI is InChI=1S/C21H26N4O3/c1-14-8-11-24(12-9-14)21(28)19(26)22-15-6-7-17-16(13-15)20(27)25-10-4-2-3-5-18(25)23-17/h6-7,13-14H,2-5,8-12H2,1H3,(H,22,26). The molecule has 0 unspecified atom stereocenters. The van der Waals surface area contributed by atoms with Crippen molar-refractivity contribution in [2.45, 2.75) is 52.0 Å². The Bertz CT molecular complexity index is 974. The van der Waals surface area contributed by atoms with E-state index in [0.29, 0.717) is 42.1 Å². The highest BCUT2D eigenvalue weighted by Crippen LogP contribution is 2.19. The Balaban J connectivity index is 1.56. The number of piperidine rings is 1. The maximum absolute atomic E-state index is 12.9. The van der Waals surface area contributed by atoms with Gasteiger partial charge in [0.1, 0.15) is 5.82 Å². The van der Waals surface area contributed by atoms with Crippen molar-refractivity contribution in [1.29, 1.82) is 0 Å². The molecule has 0 bridgehead atoms. The van der Waals surface area contributed by atoms with Gasteiger partial charge in [-0.15, -0.1) is 0 Å². The molecule has 1 saturated heterocycles. The topological polar surface area (TPSA) is 84.3 Å². The molecule has 1 aromatic heterocycles. The minimum absolute atomic E-state index is 0.0747. The van der Waals surface area contributed by atoms with Crippen molar-refractivity contribution in [3.05, 3.63) is 34.4 Å². The van der Waals surface area contributed by atoms with Crippen molar-refractivity contribution >= 4 is 28.4 Å². The molecule has 1 N–H and O–H groups in total. The molecule has 3 heterocycles. The normalized spacial score (nSPS) is 17.8. The van der Waals surface area contributed by atoms with E-state index in [1.807, 2.05) is 0 Å². The van der Waals surface area contributed by atoms with Gasteiger partial charge >= 0.3 is 11.8 Å². The van der Waals surface area contributed by atoms with E-state index in [1.165, 1.54) is 0 Å². The van der Waals surface area contributed by atoms with E-state index < -0.39 is 11.8 Å². The van der Waals surface area contributed by atoms with Crippen LogP contribution in [0.4, 0.5) is 5.69 Å². The molecular weight excluding hydrogens is 356 g/mol. The van der Waals surface area contributed by atoms with Gasteiger partial charge in [-0.25, -0.2) is 4.98 Å². The maximum Gasteiger partial charge on any atom is 0.313 e. The molecular formula is C21H26N4O3. The number of nitrogens with one attached hydrogen (secondary N) is 1. The van der Waals surface area contributed by atoms with E-state index >= 15 is 0 Å². The lowest BCUT2D eigenvalue weighted by atomic mass is 9.99. The van der Waals surface area contributed by atoms with Crippen LogP contribution in [0.25, 0.3) is 10.9 Å². The van der Waals surface area contributed by atoms with Gasteiger partial charge in [-0.05, 0) is 49.8 Å². The molecule has 2 amide bonds. The second-order valence-corrected chi connectivity index (χ2v) is 7.96. The highest BCUT2D eigenvalue weighted by atomic mass is 16.2. The van der Waals surface area contributed by atoms with Gasteiger partial charge in [-0.1, -0.05) is 13.3 Å². The van der Waals surface area contributed by atoms with Crippen LogP contribution in [0.1, 0.15) is 44.9 Å². The number of benzene rings is 1. The Morgan fingerprint density at radius 2 is 1.89 bits per heavy atom. The van der Waals surface area contributed by atoms with Gasteiger partial charge in [0.15, 0.2) is 0 Å². The van der Waals surface area contributed by atoms with Crippen LogP contribution in [0.5, 0.6) is 0 Å². The number of carbonyl (C=O) groups excluding carboxylic acids is 2. The van der Waals surface area contributed by atoms with Crippen molar-refractivity contribution in [2.75, 3.05) is 18.4 Å². The van der Waals surface area contributed by atoms with Crippen LogP contribution in [0, 0.1) is 5.92 Å². The van der Waals surface area contributed by atoms with E-state index in [0.717, 1.165) is 44.3 Å². The fraction of sp³-hybridized carbons (Fsp3) is 0.524. The molecule has 148 valence electrons. The molecule has 0 radical (unpaired) electrons. The summed E-state index contributed by atoms with van der Waals surface area (Å²) in [6.45, 7) is 4.06. The number of carbonyl (C=O) groups is 2. The van der Waals surface area contributed by atoms with E-state index in [9.17, 15) is 14.4 Å². The van der Waals surface area contributed by atoms with Crippen molar-refractivity contribution < 1.29 is 9.59 Å². The fourth-order valence-electron chi connectivity index (χ4n) is 4.04. The monoisotopic (exact) mass is 382 g/mol. The largest absolute Gasteiger partial charge is 0.334 e. The quantitative estimate of drug-likeness (QED) is 0.767. The second-order valence-electron chi connectivity index (χ2n) is 7.96. The molecule has 0 spiro atoms. The smallest absolute Gasteiger partial charge is 0.313 e. The minimum atomic E-state index is -0.656. The first kappa shape index (κ1) is 18.7. The van der Waals surface area contributed by atoms with Gasteiger partial charge in [0.2, 0.25) is 0 Å². The molecule has 7 nitrogen and oxygen atoms in total. The Hall–Kier alpha value is -2.70. The Morgan fingerprint density at radius 3 is 2.68 bits per heavy atom. The average molecular weight is 382 g/mol. The van der Waals surface area contributed by atoms with Crippen LogP contribution in [0.3, 0.4) is 0 Å². The Labute approximate surface area is 163 Å². The zero-order valence-electron chi connectivity index (χ0n) is 16.2. The van der Waals surface area contributed by atoms with Crippen LogP contribution in [-0.2, 0) is 22.6 Å². The molecule has 2 aliphatic heterocycles. The summed E-state index contributed by atoms with van der Waals surface area (Å²) in [6.07, 6.45) is 5.76. The van der Waals surface area contributed by atoms with Crippen molar-refractivity contribution in [3.63, 3.8) is 0 Å². The van der Waals surface area contributed by atoms with Crippen LogP contribution in [-0.4, -0.2) is 39.4 Å². The van der Waals surface area contributed by atoms with E-state index in [2.05, 4.69) is 17.2 Å². The van der Waals surface area contributed by atoms with E-state index in [4.69, 9.17) is 0 Å². The lowest BCUT2D eigenvalue weighted by molar-refractivity contribution is -0.144. The SMILES string of the molecule is CC1CCN(C(=O)C(=O)Nc2ccc3nc4n(c(=O)c3c2)CCCCC4)CC1. The molecule has 28 heavy (non-hydrogen) atoms.